The van der Waals surface area contributed by atoms with Crippen molar-refractivity contribution in [2.24, 2.45) is 11.8 Å². The molecule has 1 rings (SSSR count). The molecule has 0 aromatic heterocycles. The molecule has 36 heavy (non-hydrogen) atoms. The summed E-state index contributed by atoms with van der Waals surface area (Å²) in [6, 6.07) is 0. The third-order valence-corrected chi connectivity index (χ3v) is 5.76. The van der Waals surface area contributed by atoms with Crippen LogP contribution in [0.2, 0.25) is 0 Å². The van der Waals surface area contributed by atoms with Gasteiger partial charge in [0.25, 0.3) is 11.2 Å². The second-order valence-electron chi connectivity index (χ2n) is 7.39. The lowest BCUT2D eigenvalue weighted by Crippen LogP contribution is -2.67. The largest absolute Gasteiger partial charge is 0.457 e. The van der Waals surface area contributed by atoms with Gasteiger partial charge in [0.05, 0.1) is 0 Å². The fourth-order valence-electron chi connectivity index (χ4n) is 3.60. The Balaban J connectivity index is 3.64. The molecule has 1 aliphatic carbocycles. The van der Waals surface area contributed by atoms with E-state index in [2.05, 4.69) is 14.1 Å². The minimum atomic E-state index is -6.80. The van der Waals surface area contributed by atoms with Gasteiger partial charge in [0, 0.05) is 11.8 Å². The van der Waals surface area contributed by atoms with E-state index in [1.165, 1.54) is 0 Å². The van der Waals surface area contributed by atoms with Crippen molar-refractivity contribution < 1.29 is 95.8 Å². The van der Waals surface area contributed by atoms with Gasteiger partial charge in [0.1, 0.15) is 18.1 Å². The Morgan fingerprint density at radius 2 is 1.00 bits per heavy atom. The van der Waals surface area contributed by atoms with Crippen molar-refractivity contribution in [3.05, 3.63) is 0 Å². The van der Waals surface area contributed by atoms with Crippen LogP contribution in [0.15, 0.2) is 0 Å². The molecule has 0 aromatic rings. The summed E-state index contributed by atoms with van der Waals surface area (Å²) in [7, 11) is 0. The van der Waals surface area contributed by atoms with E-state index in [0.29, 0.717) is 0 Å². The fraction of sp³-hybridized carbons (Fsp3) is 0.929. The summed E-state index contributed by atoms with van der Waals surface area (Å²) in [5, 5.41) is 24.4. The Hall–Kier alpha value is -1.36. The van der Waals surface area contributed by atoms with Gasteiger partial charge >= 0.3 is 35.9 Å². The minimum Gasteiger partial charge on any atom is -0.457 e. The van der Waals surface area contributed by atoms with E-state index in [9.17, 15) is 76.5 Å². The standard InChI is InChI=1S/C14H12F14O7S/c15-10(16,36-35-34-32)7(29)33-6-2-4(8(30,11(17,18)19)12(20,21)22)1-5(3-6)9(31,13(23,24)25)14(26,27)28/h4-6,30-32H,1-3H2. The van der Waals surface area contributed by atoms with Gasteiger partial charge in [-0.05, 0) is 19.3 Å². The SMILES string of the molecule is O=C(OC1CC(C(O)(C(F)(F)F)C(F)(F)F)CC(C(O)(C(F)(F)F)C(F)(F)F)C1)C(F)(F)SOOO. The molecule has 0 amide bonds. The Morgan fingerprint density at radius 3 is 1.28 bits per heavy atom. The van der Waals surface area contributed by atoms with Crippen LogP contribution >= 0.6 is 12.0 Å². The van der Waals surface area contributed by atoms with Crippen LogP contribution in [0.3, 0.4) is 0 Å². The highest BCUT2D eigenvalue weighted by atomic mass is 32.2. The van der Waals surface area contributed by atoms with Crippen molar-refractivity contribution in [3.63, 3.8) is 0 Å². The molecule has 0 spiro atoms. The molecule has 3 N–H and O–H groups in total. The van der Waals surface area contributed by atoms with Crippen LogP contribution in [0.25, 0.3) is 0 Å². The van der Waals surface area contributed by atoms with E-state index in [0.717, 1.165) is 0 Å². The Labute approximate surface area is 193 Å². The number of hydrogen-bond acceptors (Lipinski definition) is 8. The maximum Gasteiger partial charge on any atom is 0.426 e. The molecular weight excluding hydrogens is 578 g/mol. The molecule has 0 bridgehead atoms. The van der Waals surface area contributed by atoms with Crippen LogP contribution in [-0.4, -0.2) is 68.7 Å². The second kappa shape index (κ2) is 10.1. The second-order valence-corrected chi connectivity index (χ2v) is 8.21. The van der Waals surface area contributed by atoms with E-state index in [1.54, 1.807) is 0 Å². The summed E-state index contributed by atoms with van der Waals surface area (Å²) in [5.41, 5.74) is -12.0. The lowest BCUT2D eigenvalue weighted by atomic mass is 9.65. The molecule has 7 nitrogen and oxygen atoms in total. The van der Waals surface area contributed by atoms with Crippen molar-refractivity contribution >= 4 is 18.0 Å². The number of hydrogen-bond donors (Lipinski definition) is 3. The third-order valence-electron chi connectivity index (χ3n) is 5.25. The van der Waals surface area contributed by atoms with Gasteiger partial charge in [0.15, 0.2) is 0 Å². The van der Waals surface area contributed by atoms with E-state index in [4.69, 9.17) is 5.26 Å². The first-order valence-electron chi connectivity index (χ1n) is 8.73. The van der Waals surface area contributed by atoms with Gasteiger partial charge in [-0.1, -0.05) is 5.04 Å². The fourth-order valence-corrected chi connectivity index (χ4v) is 3.84. The first kappa shape index (κ1) is 32.7. The highest BCUT2D eigenvalue weighted by Gasteiger charge is 2.78. The molecule has 2 unspecified atom stereocenters. The molecule has 0 aliphatic heterocycles. The predicted molar refractivity (Wildman–Crippen MR) is 82.2 cm³/mol. The zero-order valence-corrected chi connectivity index (χ0v) is 17.3. The maximum absolute atomic E-state index is 13.5. The van der Waals surface area contributed by atoms with Gasteiger partial charge in [0.2, 0.25) is 0 Å². The number of ether oxygens (including phenoxy) is 1. The highest BCUT2D eigenvalue weighted by Crippen LogP contribution is 2.58. The number of rotatable bonds is 7. The van der Waals surface area contributed by atoms with Crippen molar-refractivity contribution in [2.75, 3.05) is 0 Å². The van der Waals surface area contributed by atoms with Crippen LogP contribution < -0.4 is 0 Å². The quantitative estimate of drug-likeness (QED) is 0.129. The zero-order valence-electron chi connectivity index (χ0n) is 16.5. The number of halogens is 14. The summed E-state index contributed by atoms with van der Waals surface area (Å²) in [6.45, 7) is 0. The summed E-state index contributed by atoms with van der Waals surface area (Å²) in [6.07, 6.45) is -36.7. The Morgan fingerprint density at radius 1 is 0.667 bits per heavy atom. The molecule has 0 radical (unpaired) electrons. The number of carbonyl (C=O) groups excluding carboxylic acids is 1. The molecule has 0 aromatic carbocycles. The summed E-state index contributed by atoms with van der Waals surface area (Å²) >= 11 is -1.39. The van der Waals surface area contributed by atoms with Crippen molar-refractivity contribution in [1.29, 1.82) is 0 Å². The number of aliphatic hydroxyl groups is 2. The maximum atomic E-state index is 13.5. The predicted octanol–water partition coefficient (Wildman–Crippen LogP) is 4.69. The van der Waals surface area contributed by atoms with Gasteiger partial charge in [-0.25, -0.2) is 10.1 Å². The molecule has 22 heteroatoms. The van der Waals surface area contributed by atoms with Crippen LogP contribution in [0.4, 0.5) is 61.5 Å². The van der Waals surface area contributed by atoms with Crippen LogP contribution in [0, 0.1) is 11.8 Å². The monoisotopic (exact) mass is 590 g/mol. The van der Waals surface area contributed by atoms with Gasteiger partial charge in [-0.15, -0.1) is 4.33 Å². The molecule has 1 aliphatic rings. The summed E-state index contributed by atoms with van der Waals surface area (Å²) in [4.78, 5) is 11.5. The van der Waals surface area contributed by atoms with Crippen molar-refractivity contribution in [3.8, 4) is 0 Å². The van der Waals surface area contributed by atoms with Crippen LogP contribution in [0.5, 0.6) is 0 Å². The molecule has 0 saturated heterocycles. The number of esters is 1. The summed E-state index contributed by atoms with van der Waals surface area (Å²) < 4.78 is 193. The van der Waals surface area contributed by atoms with Crippen LogP contribution in [-0.2, 0) is 18.9 Å². The van der Waals surface area contributed by atoms with Gasteiger partial charge in [-0.3, -0.25) is 0 Å². The molecule has 2 atom stereocenters. The number of carbonyl (C=O) groups is 1. The first-order chi connectivity index (χ1) is 15.8. The van der Waals surface area contributed by atoms with E-state index < -0.39 is 96.4 Å². The number of alkyl halides is 14. The normalized spacial score (nSPS) is 23.5. The molecule has 0 heterocycles. The molecule has 1 fully saturated rings. The summed E-state index contributed by atoms with van der Waals surface area (Å²) in [5.74, 6) is -10.4. The Bertz CT molecular complexity index is 704. The zero-order chi connectivity index (χ0) is 28.8. The topological polar surface area (TPSA) is 105 Å². The molecular formula is C14H12F14O7S. The first-order valence-corrected chi connectivity index (χ1v) is 9.48. The average Bonchev–Trinajstić information content (AvgIpc) is 2.67. The molecule has 1 saturated carbocycles. The van der Waals surface area contributed by atoms with Gasteiger partial charge in [-0.2, -0.15) is 61.5 Å². The third kappa shape index (κ3) is 6.03. The lowest BCUT2D eigenvalue weighted by Gasteiger charge is -2.48. The van der Waals surface area contributed by atoms with Crippen molar-refractivity contribution in [1.82, 2.24) is 0 Å². The van der Waals surface area contributed by atoms with Gasteiger partial charge < -0.3 is 14.9 Å². The van der Waals surface area contributed by atoms with E-state index in [1.807, 2.05) is 0 Å². The van der Waals surface area contributed by atoms with Crippen molar-refractivity contribution in [2.45, 2.75) is 66.5 Å². The minimum absolute atomic E-state index is 1.39. The smallest absolute Gasteiger partial charge is 0.426 e. The van der Waals surface area contributed by atoms with E-state index in [-0.39, 0.29) is 0 Å². The Kier molecular flexibility index (Phi) is 9.14. The van der Waals surface area contributed by atoms with E-state index >= 15 is 0 Å². The molecule has 214 valence electrons. The lowest BCUT2D eigenvalue weighted by molar-refractivity contribution is -0.433. The van der Waals surface area contributed by atoms with Crippen LogP contribution in [0.1, 0.15) is 19.3 Å². The highest BCUT2D eigenvalue weighted by molar-refractivity contribution is 7.96. The average molecular weight is 590 g/mol.